The first kappa shape index (κ1) is 24.9. The number of benzene rings is 2. The number of thiazole rings is 1. The molecule has 0 unspecified atom stereocenters. The summed E-state index contributed by atoms with van der Waals surface area (Å²) in [6.45, 7) is 6.21. The number of aromatic nitrogens is 1. The SMILES string of the molecule is CCOC(=O)C1=C(C)N=c2s/c(=C\c3ccc(OC)c(Br)c3)c(=O)n2[C@@H]1c1ccc(OCC)cc1. The summed E-state index contributed by atoms with van der Waals surface area (Å²) in [5.41, 5.74) is 2.26. The second-order valence-corrected chi connectivity index (χ2v) is 9.56. The van der Waals surface area contributed by atoms with Crippen molar-refractivity contribution in [3.8, 4) is 11.5 Å². The summed E-state index contributed by atoms with van der Waals surface area (Å²) in [6, 6.07) is 12.3. The van der Waals surface area contributed by atoms with Gasteiger partial charge in [0.05, 0.1) is 46.6 Å². The molecule has 0 radical (unpaired) electrons. The van der Waals surface area contributed by atoms with Gasteiger partial charge in [-0.15, -0.1) is 0 Å². The first-order chi connectivity index (χ1) is 16.9. The normalized spacial score (nSPS) is 15.5. The Balaban J connectivity index is 1.89. The van der Waals surface area contributed by atoms with Crippen molar-refractivity contribution in [2.24, 2.45) is 4.99 Å². The van der Waals surface area contributed by atoms with Crippen molar-refractivity contribution >= 4 is 39.3 Å². The molecule has 2 heterocycles. The van der Waals surface area contributed by atoms with Crippen molar-refractivity contribution in [2.45, 2.75) is 26.8 Å². The van der Waals surface area contributed by atoms with E-state index in [9.17, 15) is 9.59 Å². The second-order valence-electron chi connectivity index (χ2n) is 7.70. The molecule has 1 atom stereocenters. The highest BCUT2D eigenvalue weighted by Gasteiger charge is 2.33. The highest BCUT2D eigenvalue weighted by molar-refractivity contribution is 9.10. The van der Waals surface area contributed by atoms with E-state index in [1.54, 1.807) is 25.5 Å². The topological polar surface area (TPSA) is 79.1 Å². The maximum atomic E-state index is 13.7. The maximum absolute atomic E-state index is 13.7. The molecule has 9 heteroatoms. The lowest BCUT2D eigenvalue weighted by Gasteiger charge is -2.24. The van der Waals surface area contributed by atoms with Crippen LogP contribution in [-0.4, -0.2) is 30.9 Å². The van der Waals surface area contributed by atoms with Crippen molar-refractivity contribution in [1.29, 1.82) is 0 Å². The van der Waals surface area contributed by atoms with Crippen LogP contribution in [0.15, 0.2) is 68.0 Å². The highest BCUT2D eigenvalue weighted by atomic mass is 79.9. The van der Waals surface area contributed by atoms with Crippen LogP contribution in [0.2, 0.25) is 0 Å². The molecule has 7 nitrogen and oxygen atoms in total. The number of hydrogen-bond donors (Lipinski definition) is 0. The quantitative estimate of drug-likeness (QED) is 0.411. The van der Waals surface area contributed by atoms with Crippen LogP contribution in [-0.2, 0) is 9.53 Å². The molecule has 0 spiro atoms. The van der Waals surface area contributed by atoms with Crippen LogP contribution in [0, 0.1) is 0 Å². The van der Waals surface area contributed by atoms with Gasteiger partial charge in [-0.05, 0) is 78.2 Å². The van der Waals surface area contributed by atoms with Gasteiger partial charge in [-0.25, -0.2) is 9.79 Å². The summed E-state index contributed by atoms with van der Waals surface area (Å²) in [4.78, 5) is 31.8. The van der Waals surface area contributed by atoms with Crippen LogP contribution in [0.5, 0.6) is 11.5 Å². The molecule has 0 saturated heterocycles. The predicted molar refractivity (Wildman–Crippen MR) is 139 cm³/mol. The fourth-order valence-corrected chi connectivity index (χ4v) is 5.55. The van der Waals surface area contributed by atoms with Gasteiger partial charge in [0, 0.05) is 0 Å². The molecule has 35 heavy (non-hydrogen) atoms. The van der Waals surface area contributed by atoms with Gasteiger partial charge in [-0.3, -0.25) is 9.36 Å². The molecular formula is C26H25BrN2O5S. The minimum absolute atomic E-state index is 0.225. The van der Waals surface area contributed by atoms with Gasteiger partial charge in [-0.1, -0.05) is 29.5 Å². The van der Waals surface area contributed by atoms with Crippen LogP contribution < -0.4 is 24.4 Å². The number of esters is 1. The van der Waals surface area contributed by atoms with Crippen LogP contribution in [0.3, 0.4) is 0 Å². The van der Waals surface area contributed by atoms with Crippen molar-refractivity contribution in [1.82, 2.24) is 4.57 Å². The molecule has 0 fully saturated rings. The van der Waals surface area contributed by atoms with Crippen molar-refractivity contribution in [3.63, 3.8) is 0 Å². The van der Waals surface area contributed by atoms with E-state index in [0.717, 1.165) is 15.6 Å². The van der Waals surface area contributed by atoms with Crippen molar-refractivity contribution in [2.75, 3.05) is 20.3 Å². The number of methoxy groups -OCH3 is 1. The fraction of sp³-hybridized carbons (Fsp3) is 0.269. The van der Waals surface area contributed by atoms with Gasteiger partial charge in [0.2, 0.25) is 0 Å². The number of hydrogen-bond acceptors (Lipinski definition) is 7. The van der Waals surface area contributed by atoms with Crippen LogP contribution in [0.4, 0.5) is 0 Å². The number of ether oxygens (including phenoxy) is 3. The summed E-state index contributed by atoms with van der Waals surface area (Å²) < 4.78 is 19.1. The van der Waals surface area contributed by atoms with Crippen LogP contribution >= 0.6 is 27.3 Å². The van der Waals surface area contributed by atoms with Crippen LogP contribution in [0.25, 0.3) is 6.08 Å². The smallest absolute Gasteiger partial charge is 0.338 e. The molecule has 1 aliphatic heterocycles. The van der Waals surface area contributed by atoms with Gasteiger partial charge in [-0.2, -0.15) is 0 Å². The molecule has 2 aromatic carbocycles. The van der Waals surface area contributed by atoms with E-state index < -0.39 is 12.0 Å². The molecule has 0 saturated carbocycles. The number of halogens is 1. The number of rotatable bonds is 7. The van der Waals surface area contributed by atoms with E-state index in [1.165, 1.54) is 11.3 Å². The predicted octanol–water partition coefficient (Wildman–Crippen LogP) is 3.97. The summed E-state index contributed by atoms with van der Waals surface area (Å²) in [7, 11) is 1.60. The van der Waals surface area contributed by atoms with Crippen molar-refractivity contribution in [3.05, 3.63) is 89.0 Å². The second kappa shape index (κ2) is 10.6. The van der Waals surface area contributed by atoms with E-state index in [-0.39, 0.29) is 12.2 Å². The lowest BCUT2D eigenvalue weighted by atomic mass is 9.96. The zero-order valence-electron chi connectivity index (χ0n) is 19.8. The molecule has 0 amide bonds. The molecule has 0 bridgehead atoms. The van der Waals surface area contributed by atoms with E-state index in [1.807, 2.05) is 55.5 Å². The number of fused-ring (bicyclic) bond motifs is 1. The molecule has 0 N–H and O–H groups in total. The Morgan fingerprint density at radius 3 is 2.54 bits per heavy atom. The first-order valence-electron chi connectivity index (χ1n) is 11.1. The summed E-state index contributed by atoms with van der Waals surface area (Å²) in [6.07, 6.45) is 1.81. The van der Waals surface area contributed by atoms with E-state index in [2.05, 4.69) is 20.9 Å². The summed E-state index contributed by atoms with van der Waals surface area (Å²) >= 11 is 4.77. The maximum Gasteiger partial charge on any atom is 0.338 e. The summed E-state index contributed by atoms with van der Waals surface area (Å²) in [5, 5.41) is 0. The first-order valence-corrected chi connectivity index (χ1v) is 12.7. The Hall–Kier alpha value is -3.17. The largest absolute Gasteiger partial charge is 0.496 e. The molecular weight excluding hydrogens is 532 g/mol. The van der Waals surface area contributed by atoms with E-state index >= 15 is 0 Å². The number of carbonyl (C=O) groups excluding carboxylic acids is 1. The fourth-order valence-electron chi connectivity index (χ4n) is 3.94. The van der Waals surface area contributed by atoms with Gasteiger partial charge >= 0.3 is 5.97 Å². The van der Waals surface area contributed by atoms with E-state index in [0.29, 0.717) is 38.7 Å². The lowest BCUT2D eigenvalue weighted by molar-refractivity contribution is -0.139. The van der Waals surface area contributed by atoms with Gasteiger partial charge in [0.15, 0.2) is 4.80 Å². The zero-order chi connectivity index (χ0) is 25.1. The zero-order valence-corrected chi connectivity index (χ0v) is 22.2. The van der Waals surface area contributed by atoms with Crippen LogP contribution in [0.1, 0.15) is 37.9 Å². The third kappa shape index (κ3) is 4.97. The Bertz CT molecular complexity index is 1470. The number of nitrogens with zero attached hydrogens (tertiary/aromatic N) is 2. The average Bonchev–Trinajstić information content (AvgIpc) is 3.13. The van der Waals surface area contributed by atoms with Gasteiger partial charge in [0.25, 0.3) is 5.56 Å². The highest BCUT2D eigenvalue weighted by Crippen LogP contribution is 2.32. The minimum atomic E-state index is -0.661. The monoisotopic (exact) mass is 556 g/mol. The van der Waals surface area contributed by atoms with Gasteiger partial charge < -0.3 is 14.2 Å². The third-order valence-corrected chi connectivity index (χ3v) is 7.10. The van der Waals surface area contributed by atoms with E-state index in [4.69, 9.17) is 14.2 Å². The Morgan fingerprint density at radius 1 is 1.17 bits per heavy atom. The molecule has 0 aliphatic carbocycles. The number of allylic oxidation sites excluding steroid dienone is 1. The van der Waals surface area contributed by atoms with Gasteiger partial charge in [0.1, 0.15) is 11.5 Å². The molecule has 3 aromatic rings. The standard InChI is InChI=1S/C26H25BrN2O5S/c1-5-33-18-10-8-17(9-11-18)23-22(25(31)34-6-2)15(3)28-26-29(23)24(30)21(35-26)14-16-7-12-20(32-4)19(27)13-16/h7-14,23H,5-6H2,1-4H3/b21-14-/t23-/m1/s1. The summed E-state index contributed by atoms with van der Waals surface area (Å²) in [5.74, 6) is 0.932. The lowest BCUT2D eigenvalue weighted by Crippen LogP contribution is -2.39. The Morgan fingerprint density at radius 2 is 1.91 bits per heavy atom. The molecule has 182 valence electrons. The average molecular weight is 557 g/mol. The Labute approximate surface area is 215 Å². The van der Waals surface area contributed by atoms with Crippen molar-refractivity contribution < 1.29 is 19.0 Å². The Kier molecular flexibility index (Phi) is 7.57. The minimum Gasteiger partial charge on any atom is -0.496 e. The molecule has 1 aromatic heterocycles. The third-order valence-electron chi connectivity index (χ3n) is 5.50. The molecule has 4 rings (SSSR count). The number of carbonyl (C=O) groups is 1. The molecule has 1 aliphatic rings.